The molecule has 2 fully saturated rings. The number of rotatable bonds is 5. The summed E-state index contributed by atoms with van der Waals surface area (Å²) in [6.45, 7) is 1.42. The lowest BCUT2D eigenvalue weighted by Crippen LogP contribution is -2.40. The highest BCUT2D eigenvalue weighted by atomic mass is 79.9. The van der Waals surface area contributed by atoms with E-state index in [1.165, 1.54) is 0 Å². The highest BCUT2D eigenvalue weighted by molar-refractivity contribution is 9.10. The molecule has 1 amide bonds. The van der Waals surface area contributed by atoms with Gasteiger partial charge >= 0.3 is 5.97 Å². The van der Waals surface area contributed by atoms with Crippen LogP contribution in [-0.2, 0) is 9.59 Å². The van der Waals surface area contributed by atoms with E-state index in [9.17, 15) is 9.59 Å². The second kappa shape index (κ2) is 6.85. The molecule has 4 nitrogen and oxygen atoms in total. The zero-order valence-electron chi connectivity index (χ0n) is 12.8. The van der Waals surface area contributed by atoms with Crippen LogP contribution in [0.1, 0.15) is 25.7 Å². The maximum Gasteiger partial charge on any atom is 0.307 e. The Morgan fingerprint density at radius 3 is 2.61 bits per heavy atom. The third kappa shape index (κ3) is 3.74. The van der Waals surface area contributed by atoms with Gasteiger partial charge in [0.05, 0.1) is 5.92 Å². The number of carbonyl (C=O) groups is 2. The number of halogens is 1. The van der Waals surface area contributed by atoms with Gasteiger partial charge in [-0.15, -0.1) is 11.8 Å². The molecule has 1 atom stereocenters. The lowest BCUT2D eigenvalue weighted by molar-refractivity contribution is -0.139. The van der Waals surface area contributed by atoms with E-state index < -0.39 is 5.97 Å². The zero-order chi connectivity index (χ0) is 16.4. The number of carbonyl (C=O) groups excluding carboxylic acids is 1. The van der Waals surface area contributed by atoms with E-state index in [-0.39, 0.29) is 17.2 Å². The number of hydrogen-bond donors (Lipinski definition) is 1. The van der Waals surface area contributed by atoms with E-state index in [1.807, 2.05) is 29.2 Å². The average Bonchev–Trinajstić information content (AvgIpc) is 3.24. The van der Waals surface area contributed by atoms with Gasteiger partial charge in [0, 0.05) is 34.6 Å². The minimum Gasteiger partial charge on any atom is -0.481 e. The molecule has 1 heterocycles. The third-order valence-electron chi connectivity index (χ3n) is 5.01. The molecule has 1 aliphatic carbocycles. The normalized spacial score (nSPS) is 22.1. The number of piperidine rings is 1. The van der Waals surface area contributed by atoms with Crippen LogP contribution in [0.5, 0.6) is 0 Å². The first kappa shape index (κ1) is 16.8. The van der Waals surface area contributed by atoms with Crippen LogP contribution in [0.4, 0.5) is 0 Å². The van der Waals surface area contributed by atoms with Crippen molar-refractivity contribution in [3.05, 3.63) is 28.7 Å². The van der Waals surface area contributed by atoms with Crippen molar-refractivity contribution in [2.45, 2.75) is 30.6 Å². The van der Waals surface area contributed by atoms with Crippen molar-refractivity contribution in [3.63, 3.8) is 0 Å². The standard InChI is InChI=1S/C17H20BrNO3S/c18-13-3-1-2-4-14(13)23-10-5-15(20)19-8-6-17(7-9-19)11-12(17)16(21)22/h1-4,12H,5-11H2,(H,21,22). The molecular formula is C17H20BrNO3S. The number of benzene rings is 1. The first-order valence-electron chi connectivity index (χ1n) is 7.90. The summed E-state index contributed by atoms with van der Waals surface area (Å²) in [6, 6.07) is 8.02. The van der Waals surface area contributed by atoms with Gasteiger partial charge in [0.2, 0.25) is 5.91 Å². The SMILES string of the molecule is O=C(O)C1CC12CCN(C(=O)CCSc1ccccc1Br)CC2. The van der Waals surface area contributed by atoms with Gasteiger partial charge in [-0.3, -0.25) is 9.59 Å². The smallest absolute Gasteiger partial charge is 0.307 e. The Morgan fingerprint density at radius 1 is 1.30 bits per heavy atom. The number of aliphatic carboxylic acids is 1. The van der Waals surface area contributed by atoms with E-state index in [0.717, 1.165) is 34.4 Å². The van der Waals surface area contributed by atoms with Gasteiger partial charge in [-0.1, -0.05) is 12.1 Å². The molecule has 1 N–H and O–H groups in total. The molecule has 2 aliphatic rings. The lowest BCUT2D eigenvalue weighted by atomic mass is 9.90. The highest BCUT2D eigenvalue weighted by Crippen LogP contribution is 2.59. The van der Waals surface area contributed by atoms with Gasteiger partial charge in [0.15, 0.2) is 0 Å². The van der Waals surface area contributed by atoms with Crippen LogP contribution in [-0.4, -0.2) is 40.7 Å². The Kier molecular flexibility index (Phi) is 5.01. The van der Waals surface area contributed by atoms with Crippen LogP contribution in [0.25, 0.3) is 0 Å². The van der Waals surface area contributed by atoms with Crippen molar-refractivity contribution >= 4 is 39.6 Å². The maximum absolute atomic E-state index is 12.3. The zero-order valence-corrected chi connectivity index (χ0v) is 15.2. The molecule has 6 heteroatoms. The topological polar surface area (TPSA) is 57.6 Å². The fourth-order valence-electron chi connectivity index (χ4n) is 3.42. The summed E-state index contributed by atoms with van der Waals surface area (Å²) in [5, 5.41) is 9.11. The molecule has 1 aromatic carbocycles. The van der Waals surface area contributed by atoms with Crippen molar-refractivity contribution in [1.82, 2.24) is 4.90 Å². The molecule has 3 rings (SSSR count). The summed E-state index contributed by atoms with van der Waals surface area (Å²) in [5.74, 6) is 0.105. The minimum atomic E-state index is -0.672. The summed E-state index contributed by atoms with van der Waals surface area (Å²) >= 11 is 5.20. The second-order valence-corrected chi connectivity index (χ2v) is 8.36. The molecule has 1 saturated carbocycles. The Bertz CT molecular complexity index is 614. The fourth-order valence-corrected chi connectivity index (χ4v) is 4.92. The van der Waals surface area contributed by atoms with Crippen molar-refractivity contribution < 1.29 is 14.7 Å². The van der Waals surface area contributed by atoms with E-state index in [2.05, 4.69) is 15.9 Å². The molecular weight excluding hydrogens is 378 g/mol. The lowest BCUT2D eigenvalue weighted by Gasteiger charge is -2.32. The van der Waals surface area contributed by atoms with Crippen molar-refractivity contribution in [2.75, 3.05) is 18.8 Å². The summed E-state index contributed by atoms with van der Waals surface area (Å²) in [4.78, 5) is 26.4. The van der Waals surface area contributed by atoms with Crippen LogP contribution < -0.4 is 0 Å². The van der Waals surface area contributed by atoms with E-state index >= 15 is 0 Å². The van der Waals surface area contributed by atoms with Crippen LogP contribution >= 0.6 is 27.7 Å². The minimum absolute atomic E-state index is 0.00767. The number of nitrogens with zero attached hydrogens (tertiary/aromatic N) is 1. The van der Waals surface area contributed by atoms with Gasteiger partial charge in [-0.25, -0.2) is 0 Å². The molecule has 1 aromatic rings. The van der Waals surface area contributed by atoms with E-state index in [4.69, 9.17) is 5.11 Å². The Labute approximate surface area is 148 Å². The fraction of sp³-hybridized carbons (Fsp3) is 0.529. The maximum atomic E-state index is 12.3. The van der Waals surface area contributed by atoms with Crippen LogP contribution in [0.15, 0.2) is 33.6 Å². The first-order chi connectivity index (χ1) is 11.0. The number of carboxylic acid groups (broad SMARTS) is 1. The van der Waals surface area contributed by atoms with Crippen LogP contribution in [0.3, 0.4) is 0 Å². The average molecular weight is 398 g/mol. The third-order valence-corrected chi connectivity index (χ3v) is 7.04. The Hall–Kier alpha value is -1.01. The molecule has 1 spiro atoms. The molecule has 124 valence electrons. The predicted molar refractivity (Wildman–Crippen MR) is 93.5 cm³/mol. The van der Waals surface area contributed by atoms with Crippen molar-refractivity contribution in [2.24, 2.45) is 11.3 Å². The highest BCUT2D eigenvalue weighted by Gasteiger charge is 2.59. The molecule has 23 heavy (non-hydrogen) atoms. The van der Waals surface area contributed by atoms with Crippen molar-refractivity contribution in [3.8, 4) is 0 Å². The molecule has 1 aliphatic heterocycles. The molecule has 0 radical (unpaired) electrons. The largest absolute Gasteiger partial charge is 0.481 e. The molecule has 0 bridgehead atoms. The Morgan fingerprint density at radius 2 is 2.00 bits per heavy atom. The van der Waals surface area contributed by atoms with Gasteiger partial charge < -0.3 is 10.0 Å². The van der Waals surface area contributed by atoms with E-state index in [1.54, 1.807) is 11.8 Å². The quantitative estimate of drug-likeness (QED) is 0.770. The number of amides is 1. The predicted octanol–water partition coefficient (Wildman–Crippen LogP) is 3.64. The molecule has 1 saturated heterocycles. The first-order valence-corrected chi connectivity index (χ1v) is 9.68. The van der Waals surface area contributed by atoms with Crippen LogP contribution in [0, 0.1) is 11.3 Å². The van der Waals surface area contributed by atoms with Gasteiger partial charge in [0.25, 0.3) is 0 Å². The van der Waals surface area contributed by atoms with Gasteiger partial charge in [-0.2, -0.15) is 0 Å². The summed E-state index contributed by atoms with van der Waals surface area (Å²) < 4.78 is 1.06. The Balaban J connectivity index is 1.42. The molecule has 1 unspecified atom stereocenters. The molecule has 0 aromatic heterocycles. The van der Waals surface area contributed by atoms with Gasteiger partial charge in [-0.05, 0) is 52.7 Å². The van der Waals surface area contributed by atoms with E-state index in [0.29, 0.717) is 19.5 Å². The summed E-state index contributed by atoms with van der Waals surface area (Å²) in [6.07, 6.45) is 3.00. The van der Waals surface area contributed by atoms with Crippen LogP contribution in [0.2, 0.25) is 0 Å². The van der Waals surface area contributed by atoms with Crippen molar-refractivity contribution in [1.29, 1.82) is 0 Å². The number of hydrogen-bond acceptors (Lipinski definition) is 3. The number of likely N-dealkylation sites (tertiary alicyclic amines) is 1. The van der Waals surface area contributed by atoms with Gasteiger partial charge in [0.1, 0.15) is 0 Å². The summed E-state index contributed by atoms with van der Waals surface area (Å²) in [5.41, 5.74) is -0.00767. The summed E-state index contributed by atoms with van der Waals surface area (Å²) in [7, 11) is 0. The number of thioether (sulfide) groups is 1. The number of carboxylic acids is 1. The second-order valence-electron chi connectivity index (χ2n) is 6.37. The monoisotopic (exact) mass is 397 g/mol.